The SMILES string of the molecule is COC(=O)C1=C(C)N(c2ccc(C)c(C)c2)C(=Cc2sccc2C)C1=O. The Morgan fingerprint density at radius 1 is 1.08 bits per heavy atom. The van der Waals surface area contributed by atoms with E-state index in [1.54, 1.807) is 18.3 Å². The minimum atomic E-state index is -0.604. The Balaban J connectivity index is 2.20. The van der Waals surface area contributed by atoms with Gasteiger partial charge < -0.3 is 9.64 Å². The molecule has 0 unspecified atom stereocenters. The van der Waals surface area contributed by atoms with E-state index in [2.05, 4.69) is 0 Å². The van der Waals surface area contributed by atoms with Crippen molar-refractivity contribution in [3.8, 4) is 0 Å². The number of ether oxygens (including phenoxy) is 1. The first-order valence-corrected chi connectivity index (χ1v) is 9.20. The van der Waals surface area contributed by atoms with Crippen LogP contribution in [0, 0.1) is 20.8 Å². The van der Waals surface area contributed by atoms with E-state index in [4.69, 9.17) is 4.74 Å². The lowest BCUT2D eigenvalue weighted by molar-refractivity contribution is -0.137. The molecule has 2 heterocycles. The average Bonchev–Trinajstić information content (AvgIpc) is 3.11. The molecule has 0 radical (unpaired) electrons. The number of carbonyl (C=O) groups is 2. The average molecular weight is 367 g/mol. The Morgan fingerprint density at radius 2 is 1.81 bits per heavy atom. The monoisotopic (exact) mass is 367 g/mol. The van der Waals surface area contributed by atoms with Gasteiger partial charge in [-0.1, -0.05) is 6.07 Å². The molecule has 26 heavy (non-hydrogen) atoms. The van der Waals surface area contributed by atoms with Gasteiger partial charge in [-0.3, -0.25) is 4.79 Å². The highest BCUT2D eigenvalue weighted by Crippen LogP contribution is 2.37. The topological polar surface area (TPSA) is 46.6 Å². The van der Waals surface area contributed by atoms with Gasteiger partial charge in [-0.25, -0.2) is 4.79 Å². The molecule has 1 aromatic carbocycles. The third kappa shape index (κ3) is 2.99. The first-order valence-electron chi connectivity index (χ1n) is 8.32. The number of anilines is 1. The number of benzene rings is 1. The molecular weight excluding hydrogens is 346 g/mol. The van der Waals surface area contributed by atoms with Crippen LogP contribution in [0.5, 0.6) is 0 Å². The van der Waals surface area contributed by atoms with Crippen LogP contribution in [0.3, 0.4) is 0 Å². The van der Waals surface area contributed by atoms with Gasteiger partial charge in [0.15, 0.2) is 0 Å². The number of thiophene rings is 1. The standard InChI is InChI=1S/C21H21NO3S/c1-12-6-7-16(10-14(12)3)22-15(4)19(21(24)25-5)20(23)17(22)11-18-13(2)8-9-26-18/h6-11H,1-5H3. The van der Waals surface area contributed by atoms with Gasteiger partial charge in [-0.05, 0) is 74.0 Å². The summed E-state index contributed by atoms with van der Waals surface area (Å²) in [6.45, 7) is 7.86. The van der Waals surface area contributed by atoms with Gasteiger partial charge in [0.05, 0.1) is 12.8 Å². The van der Waals surface area contributed by atoms with E-state index in [0.29, 0.717) is 11.4 Å². The number of esters is 1. The number of nitrogens with zero attached hydrogens (tertiary/aromatic N) is 1. The summed E-state index contributed by atoms with van der Waals surface area (Å²) in [7, 11) is 1.29. The molecule has 4 nitrogen and oxygen atoms in total. The van der Waals surface area contributed by atoms with Gasteiger partial charge in [0, 0.05) is 16.3 Å². The molecule has 3 rings (SSSR count). The number of ketones is 1. The Kier molecular flexibility index (Phi) is 4.83. The lowest BCUT2D eigenvalue weighted by Gasteiger charge is -2.22. The zero-order valence-electron chi connectivity index (χ0n) is 15.5. The van der Waals surface area contributed by atoms with E-state index in [1.165, 1.54) is 12.7 Å². The Labute approximate surface area is 157 Å². The highest BCUT2D eigenvalue weighted by Gasteiger charge is 2.38. The summed E-state index contributed by atoms with van der Waals surface area (Å²) in [5, 5.41) is 1.99. The molecule has 0 N–H and O–H groups in total. The van der Waals surface area contributed by atoms with E-state index < -0.39 is 5.97 Å². The van der Waals surface area contributed by atoms with Gasteiger partial charge in [0.1, 0.15) is 5.57 Å². The second-order valence-electron chi connectivity index (χ2n) is 6.38. The van der Waals surface area contributed by atoms with Crippen molar-refractivity contribution < 1.29 is 14.3 Å². The molecule has 1 aliphatic rings. The summed E-state index contributed by atoms with van der Waals surface area (Å²) in [5.41, 5.74) is 5.40. The normalized spacial score (nSPS) is 16.0. The summed E-state index contributed by atoms with van der Waals surface area (Å²) in [6.07, 6.45) is 1.86. The van der Waals surface area contributed by atoms with Gasteiger partial charge in [0.25, 0.3) is 0 Å². The van der Waals surface area contributed by atoms with Crippen LogP contribution in [0.25, 0.3) is 6.08 Å². The molecular formula is C21H21NO3S. The van der Waals surface area contributed by atoms with E-state index in [-0.39, 0.29) is 11.4 Å². The number of rotatable bonds is 3. The molecule has 2 aromatic rings. The highest BCUT2D eigenvalue weighted by atomic mass is 32.1. The van der Waals surface area contributed by atoms with Crippen molar-refractivity contribution in [3.05, 3.63) is 68.2 Å². The molecule has 134 valence electrons. The highest BCUT2D eigenvalue weighted by molar-refractivity contribution is 7.11. The zero-order chi connectivity index (χ0) is 19.0. The maximum absolute atomic E-state index is 13.0. The van der Waals surface area contributed by atoms with Crippen LogP contribution in [0.2, 0.25) is 0 Å². The van der Waals surface area contributed by atoms with Crippen LogP contribution < -0.4 is 4.90 Å². The quantitative estimate of drug-likeness (QED) is 0.454. The summed E-state index contributed by atoms with van der Waals surface area (Å²) in [6, 6.07) is 8.03. The van der Waals surface area contributed by atoms with Crippen LogP contribution in [0.1, 0.15) is 28.5 Å². The first-order chi connectivity index (χ1) is 12.3. The molecule has 0 saturated heterocycles. The van der Waals surface area contributed by atoms with Crippen molar-refractivity contribution in [2.45, 2.75) is 27.7 Å². The third-order valence-electron chi connectivity index (χ3n) is 4.71. The van der Waals surface area contributed by atoms with Gasteiger partial charge in [-0.2, -0.15) is 0 Å². The fraction of sp³-hybridized carbons (Fsp3) is 0.238. The summed E-state index contributed by atoms with van der Waals surface area (Å²) in [5.74, 6) is -0.909. The number of aryl methyl sites for hydroxylation is 3. The molecule has 0 amide bonds. The van der Waals surface area contributed by atoms with Gasteiger partial charge >= 0.3 is 5.97 Å². The van der Waals surface area contributed by atoms with Crippen LogP contribution in [0.4, 0.5) is 5.69 Å². The Morgan fingerprint density at radius 3 is 2.38 bits per heavy atom. The fourth-order valence-corrected chi connectivity index (χ4v) is 3.87. The van der Waals surface area contributed by atoms with E-state index in [0.717, 1.165) is 21.7 Å². The zero-order valence-corrected chi connectivity index (χ0v) is 16.4. The number of allylic oxidation sites excluding steroid dienone is 2. The van der Waals surface area contributed by atoms with E-state index in [9.17, 15) is 9.59 Å². The van der Waals surface area contributed by atoms with E-state index >= 15 is 0 Å². The lowest BCUT2D eigenvalue weighted by atomic mass is 10.1. The largest absolute Gasteiger partial charge is 0.465 e. The maximum Gasteiger partial charge on any atom is 0.343 e. The number of methoxy groups -OCH3 is 1. The first kappa shape index (κ1) is 18.1. The second kappa shape index (κ2) is 6.92. The number of Topliss-reactive ketones (excluding diaryl/α,β-unsaturated/α-hetero) is 1. The number of hydrogen-bond acceptors (Lipinski definition) is 5. The van der Waals surface area contributed by atoms with E-state index in [1.807, 2.05) is 61.4 Å². The molecule has 5 heteroatoms. The maximum atomic E-state index is 13.0. The van der Waals surface area contributed by atoms with Crippen molar-refractivity contribution in [2.75, 3.05) is 12.0 Å². The molecule has 0 spiro atoms. The van der Waals surface area contributed by atoms with Crippen molar-refractivity contribution in [1.29, 1.82) is 0 Å². The smallest absolute Gasteiger partial charge is 0.343 e. The molecule has 0 bridgehead atoms. The van der Waals surface area contributed by atoms with Crippen molar-refractivity contribution >= 4 is 34.9 Å². The van der Waals surface area contributed by atoms with Crippen molar-refractivity contribution in [2.24, 2.45) is 0 Å². The van der Waals surface area contributed by atoms with Crippen LogP contribution in [-0.4, -0.2) is 18.9 Å². The van der Waals surface area contributed by atoms with Crippen LogP contribution in [0.15, 0.2) is 46.6 Å². The fourth-order valence-electron chi connectivity index (χ4n) is 3.01. The summed E-state index contributed by atoms with van der Waals surface area (Å²) in [4.78, 5) is 28.1. The molecule has 0 atom stereocenters. The summed E-state index contributed by atoms with van der Waals surface area (Å²) < 4.78 is 4.84. The molecule has 1 aromatic heterocycles. The Hall–Kier alpha value is -2.66. The Bertz CT molecular complexity index is 965. The predicted molar refractivity (Wildman–Crippen MR) is 105 cm³/mol. The van der Waals surface area contributed by atoms with Crippen LogP contribution in [-0.2, 0) is 14.3 Å². The van der Waals surface area contributed by atoms with Crippen LogP contribution >= 0.6 is 11.3 Å². The minimum absolute atomic E-state index is 0.0891. The predicted octanol–water partition coefficient (Wildman–Crippen LogP) is 4.55. The molecule has 0 aliphatic carbocycles. The second-order valence-corrected chi connectivity index (χ2v) is 7.33. The third-order valence-corrected chi connectivity index (χ3v) is 5.67. The molecule has 0 fully saturated rings. The number of hydrogen-bond donors (Lipinski definition) is 0. The minimum Gasteiger partial charge on any atom is -0.465 e. The van der Waals surface area contributed by atoms with Crippen molar-refractivity contribution in [3.63, 3.8) is 0 Å². The molecule has 0 saturated carbocycles. The van der Waals surface area contributed by atoms with Crippen molar-refractivity contribution in [1.82, 2.24) is 0 Å². The number of carbonyl (C=O) groups excluding carboxylic acids is 2. The van der Waals surface area contributed by atoms with Gasteiger partial charge in [0.2, 0.25) is 5.78 Å². The molecule has 1 aliphatic heterocycles. The summed E-state index contributed by atoms with van der Waals surface area (Å²) >= 11 is 1.57. The lowest BCUT2D eigenvalue weighted by Crippen LogP contribution is -2.18. The van der Waals surface area contributed by atoms with Gasteiger partial charge in [-0.15, -0.1) is 11.3 Å².